The highest BCUT2D eigenvalue weighted by atomic mass is 35.5. The molecule has 76 valence electrons. The predicted octanol–water partition coefficient (Wildman–Crippen LogP) is 2.70. The molecule has 0 saturated heterocycles. The lowest BCUT2D eigenvalue weighted by atomic mass is 10.2. The largest absolute Gasteiger partial charge is 0.322 e. The SMILES string of the molecule is Cc1ccc(F)c(NC(=O)C(C)Cl)c1. The fourth-order valence-electron chi connectivity index (χ4n) is 0.967. The first kappa shape index (κ1) is 11.0. The first-order chi connectivity index (χ1) is 6.50. The summed E-state index contributed by atoms with van der Waals surface area (Å²) < 4.78 is 13.1. The van der Waals surface area contributed by atoms with E-state index in [1.807, 2.05) is 6.92 Å². The van der Waals surface area contributed by atoms with Gasteiger partial charge >= 0.3 is 0 Å². The molecular formula is C10H11ClFNO. The number of anilines is 1. The quantitative estimate of drug-likeness (QED) is 0.756. The van der Waals surface area contributed by atoms with Crippen LogP contribution in [-0.2, 0) is 4.79 Å². The van der Waals surface area contributed by atoms with Crippen LogP contribution in [0.2, 0.25) is 0 Å². The number of carbonyl (C=O) groups is 1. The molecular weight excluding hydrogens is 205 g/mol. The first-order valence-electron chi connectivity index (χ1n) is 4.22. The monoisotopic (exact) mass is 215 g/mol. The molecule has 0 radical (unpaired) electrons. The van der Waals surface area contributed by atoms with E-state index in [-0.39, 0.29) is 5.69 Å². The van der Waals surface area contributed by atoms with Crippen molar-refractivity contribution in [3.8, 4) is 0 Å². The number of hydrogen-bond donors (Lipinski definition) is 1. The lowest BCUT2D eigenvalue weighted by molar-refractivity contribution is -0.115. The van der Waals surface area contributed by atoms with E-state index >= 15 is 0 Å². The fourth-order valence-corrected chi connectivity index (χ4v) is 1.02. The number of hydrogen-bond acceptors (Lipinski definition) is 1. The second-order valence-corrected chi connectivity index (χ2v) is 3.74. The van der Waals surface area contributed by atoms with Gasteiger partial charge in [-0.2, -0.15) is 0 Å². The summed E-state index contributed by atoms with van der Waals surface area (Å²) in [5, 5.41) is 1.73. The van der Waals surface area contributed by atoms with Crippen molar-refractivity contribution >= 4 is 23.2 Å². The van der Waals surface area contributed by atoms with E-state index in [9.17, 15) is 9.18 Å². The molecule has 1 atom stereocenters. The highest BCUT2D eigenvalue weighted by Gasteiger charge is 2.11. The molecule has 14 heavy (non-hydrogen) atoms. The van der Waals surface area contributed by atoms with Gasteiger partial charge in [0.2, 0.25) is 5.91 Å². The Kier molecular flexibility index (Phi) is 3.47. The third kappa shape index (κ3) is 2.70. The van der Waals surface area contributed by atoms with Crippen molar-refractivity contribution in [1.82, 2.24) is 0 Å². The van der Waals surface area contributed by atoms with Crippen LogP contribution in [0.1, 0.15) is 12.5 Å². The zero-order chi connectivity index (χ0) is 10.7. The molecule has 0 spiro atoms. The minimum Gasteiger partial charge on any atom is -0.322 e. The number of aryl methyl sites for hydroxylation is 1. The smallest absolute Gasteiger partial charge is 0.242 e. The van der Waals surface area contributed by atoms with Crippen LogP contribution >= 0.6 is 11.6 Å². The first-order valence-corrected chi connectivity index (χ1v) is 4.65. The maximum atomic E-state index is 13.1. The maximum absolute atomic E-state index is 13.1. The Morgan fingerprint density at radius 2 is 2.21 bits per heavy atom. The summed E-state index contributed by atoms with van der Waals surface area (Å²) in [5.74, 6) is -0.863. The summed E-state index contributed by atoms with van der Waals surface area (Å²) in [5.41, 5.74) is 1.05. The third-order valence-electron chi connectivity index (χ3n) is 1.74. The molecule has 2 nitrogen and oxygen atoms in total. The van der Waals surface area contributed by atoms with Gasteiger partial charge < -0.3 is 5.32 Å². The third-order valence-corrected chi connectivity index (χ3v) is 1.94. The zero-order valence-corrected chi connectivity index (χ0v) is 8.73. The molecule has 4 heteroatoms. The lowest BCUT2D eigenvalue weighted by Gasteiger charge is -2.07. The molecule has 0 aromatic heterocycles. The van der Waals surface area contributed by atoms with Crippen LogP contribution in [0.5, 0.6) is 0 Å². The van der Waals surface area contributed by atoms with Gasteiger partial charge in [0.25, 0.3) is 0 Å². The molecule has 1 aromatic carbocycles. The van der Waals surface area contributed by atoms with Gasteiger partial charge in [-0.1, -0.05) is 6.07 Å². The number of nitrogens with one attached hydrogen (secondary N) is 1. The van der Waals surface area contributed by atoms with Crippen LogP contribution in [0.3, 0.4) is 0 Å². The zero-order valence-electron chi connectivity index (χ0n) is 7.97. The van der Waals surface area contributed by atoms with Crippen LogP contribution in [0.15, 0.2) is 18.2 Å². The average Bonchev–Trinajstić information content (AvgIpc) is 2.11. The van der Waals surface area contributed by atoms with Gasteiger partial charge in [0.1, 0.15) is 11.2 Å². The molecule has 1 aromatic rings. The molecule has 0 heterocycles. The molecule has 0 aliphatic carbocycles. The van der Waals surface area contributed by atoms with Crippen LogP contribution in [0, 0.1) is 12.7 Å². The number of alkyl halides is 1. The molecule has 0 bridgehead atoms. The molecule has 1 rings (SSSR count). The Morgan fingerprint density at radius 3 is 2.79 bits per heavy atom. The summed E-state index contributed by atoms with van der Waals surface area (Å²) in [7, 11) is 0. The highest BCUT2D eigenvalue weighted by Crippen LogP contribution is 2.16. The van der Waals surface area contributed by atoms with Crippen LogP contribution in [-0.4, -0.2) is 11.3 Å². The second kappa shape index (κ2) is 4.42. The van der Waals surface area contributed by atoms with Gasteiger partial charge in [-0.25, -0.2) is 4.39 Å². The topological polar surface area (TPSA) is 29.1 Å². The van der Waals surface area contributed by atoms with Crippen molar-refractivity contribution in [2.45, 2.75) is 19.2 Å². The number of carbonyl (C=O) groups excluding carboxylic acids is 1. The molecule has 0 aliphatic heterocycles. The molecule has 1 amide bonds. The van der Waals surface area contributed by atoms with Gasteiger partial charge in [0.15, 0.2) is 0 Å². The van der Waals surface area contributed by atoms with Crippen molar-refractivity contribution in [3.05, 3.63) is 29.6 Å². The maximum Gasteiger partial charge on any atom is 0.242 e. The van der Waals surface area contributed by atoms with E-state index in [4.69, 9.17) is 11.6 Å². The number of rotatable bonds is 2. The van der Waals surface area contributed by atoms with E-state index in [0.717, 1.165) is 5.56 Å². The Balaban J connectivity index is 2.86. The van der Waals surface area contributed by atoms with Gasteiger partial charge in [-0.3, -0.25) is 4.79 Å². The van der Waals surface area contributed by atoms with E-state index in [1.165, 1.54) is 13.0 Å². The van der Waals surface area contributed by atoms with E-state index in [1.54, 1.807) is 12.1 Å². The Labute approximate surface area is 87.1 Å². The molecule has 0 aliphatic rings. The van der Waals surface area contributed by atoms with Crippen molar-refractivity contribution in [2.75, 3.05) is 5.32 Å². The Hall–Kier alpha value is -1.09. The Morgan fingerprint density at radius 1 is 1.57 bits per heavy atom. The number of halogens is 2. The summed E-state index contributed by atoms with van der Waals surface area (Å²) in [4.78, 5) is 11.2. The predicted molar refractivity (Wildman–Crippen MR) is 55.1 cm³/mol. The van der Waals surface area contributed by atoms with E-state index < -0.39 is 17.1 Å². The number of amides is 1. The molecule has 1 N–H and O–H groups in total. The van der Waals surface area contributed by atoms with Gasteiger partial charge in [0.05, 0.1) is 5.69 Å². The standard InChI is InChI=1S/C10H11ClFNO/c1-6-3-4-8(12)9(5-6)13-10(14)7(2)11/h3-5,7H,1-2H3,(H,13,14). The summed E-state index contributed by atoms with van der Waals surface area (Å²) in [6.45, 7) is 3.35. The molecule has 1 unspecified atom stereocenters. The summed E-state index contributed by atoms with van der Waals surface area (Å²) in [6, 6.07) is 4.51. The van der Waals surface area contributed by atoms with Gasteiger partial charge in [0, 0.05) is 0 Å². The van der Waals surface area contributed by atoms with Crippen molar-refractivity contribution in [3.63, 3.8) is 0 Å². The van der Waals surface area contributed by atoms with Crippen LogP contribution in [0.25, 0.3) is 0 Å². The molecule has 0 fully saturated rings. The minimum atomic E-state index is -0.671. The van der Waals surface area contributed by atoms with Crippen LogP contribution < -0.4 is 5.32 Å². The minimum absolute atomic E-state index is 0.169. The average molecular weight is 216 g/mol. The molecule has 0 saturated carbocycles. The summed E-state index contributed by atoms with van der Waals surface area (Å²) in [6.07, 6.45) is 0. The van der Waals surface area contributed by atoms with E-state index in [0.29, 0.717) is 0 Å². The normalized spacial score (nSPS) is 12.3. The second-order valence-electron chi connectivity index (χ2n) is 3.09. The van der Waals surface area contributed by atoms with Crippen molar-refractivity contribution < 1.29 is 9.18 Å². The van der Waals surface area contributed by atoms with Crippen molar-refractivity contribution in [2.24, 2.45) is 0 Å². The van der Waals surface area contributed by atoms with Gasteiger partial charge in [-0.05, 0) is 31.5 Å². The van der Waals surface area contributed by atoms with Crippen LogP contribution in [0.4, 0.5) is 10.1 Å². The Bertz CT molecular complexity index is 352. The highest BCUT2D eigenvalue weighted by molar-refractivity contribution is 6.32. The lowest BCUT2D eigenvalue weighted by Crippen LogP contribution is -2.20. The number of benzene rings is 1. The fraction of sp³-hybridized carbons (Fsp3) is 0.300. The van der Waals surface area contributed by atoms with E-state index in [2.05, 4.69) is 5.32 Å². The van der Waals surface area contributed by atoms with Crippen molar-refractivity contribution in [1.29, 1.82) is 0 Å². The van der Waals surface area contributed by atoms with Gasteiger partial charge in [-0.15, -0.1) is 11.6 Å². The summed E-state index contributed by atoms with van der Waals surface area (Å²) >= 11 is 5.54.